The quantitative estimate of drug-likeness (QED) is 0.877. The van der Waals surface area contributed by atoms with E-state index in [1.807, 2.05) is 6.20 Å². The summed E-state index contributed by atoms with van der Waals surface area (Å²) in [4.78, 5) is 4.62. The molecule has 1 fully saturated rings. The fourth-order valence-electron chi connectivity index (χ4n) is 2.97. The summed E-state index contributed by atoms with van der Waals surface area (Å²) >= 11 is 2.09. The Morgan fingerprint density at radius 2 is 2.18 bits per heavy atom. The lowest BCUT2D eigenvalue weighted by Crippen LogP contribution is -2.23. The van der Waals surface area contributed by atoms with Crippen LogP contribution in [0.5, 0.6) is 0 Å². The van der Waals surface area contributed by atoms with E-state index in [1.54, 1.807) is 0 Å². The summed E-state index contributed by atoms with van der Waals surface area (Å²) in [5.74, 6) is 4.79. The number of imidazole rings is 1. The predicted molar refractivity (Wildman–Crippen MR) is 72.1 cm³/mol. The Labute approximate surface area is 107 Å². The molecule has 17 heavy (non-hydrogen) atoms. The molecule has 0 spiro atoms. The number of hydrogen-bond acceptors (Lipinski definition) is 3. The van der Waals surface area contributed by atoms with Crippen molar-refractivity contribution in [3.05, 3.63) is 17.7 Å². The normalized spacial score (nSPS) is 25.8. The van der Waals surface area contributed by atoms with E-state index in [4.69, 9.17) is 5.73 Å². The third-order valence-electron chi connectivity index (χ3n) is 4.06. The van der Waals surface area contributed by atoms with Crippen LogP contribution in [0.2, 0.25) is 0 Å². The molecule has 1 atom stereocenters. The van der Waals surface area contributed by atoms with E-state index in [1.165, 1.54) is 42.3 Å². The van der Waals surface area contributed by atoms with Gasteiger partial charge in [0.05, 0.1) is 11.9 Å². The van der Waals surface area contributed by atoms with E-state index in [0.29, 0.717) is 0 Å². The Morgan fingerprint density at radius 1 is 1.35 bits per heavy atom. The summed E-state index contributed by atoms with van der Waals surface area (Å²) in [7, 11) is 0. The highest BCUT2D eigenvalue weighted by molar-refractivity contribution is 7.99. The van der Waals surface area contributed by atoms with Crippen molar-refractivity contribution in [3.8, 4) is 0 Å². The summed E-state index contributed by atoms with van der Waals surface area (Å²) in [5.41, 5.74) is 7.39. The average molecular weight is 251 g/mol. The summed E-state index contributed by atoms with van der Waals surface area (Å²) in [5, 5.41) is 0. The first kappa shape index (κ1) is 11.6. The number of hydrogen-bond donors (Lipinski definition) is 1. The van der Waals surface area contributed by atoms with Gasteiger partial charge in [-0.05, 0) is 43.1 Å². The Hall–Kier alpha value is -0.480. The van der Waals surface area contributed by atoms with Gasteiger partial charge in [0.1, 0.15) is 5.82 Å². The molecule has 2 N–H and O–H groups in total. The lowest BCUT2D eigenvalue weighted by atomic mass is 9.98. The third-order valence-corrected chi connectivity index (χ3v) is 5.11. The maximum Gasteiger partial charge on any atom is 0.109 e. The van der Waals surface area contributed by atoms with Crippen LogP contribution in [0.25, 0.3) is 0 Å². The minimum atomic E-state index is 0.215. The van der Waals surface area contributed by atoms with Gasteiger partial charge in [0, 0.05) is 19.0 Å². The van der Waals surface area contributed by atoms with E-state index in [2.05, 4.69) is 21.3 Å². The van der Waals surface area contributed by atoms with Crippen molar-refractivity contribution < 1.29 is 0 Å². The van der Waals surface area contributed by atoms with Gasteiger partial charge in [0.25, 0.3) is 0 Å². The van der Waals surface area contributed by atoms with Gasteiger partial charge >= 0.3 is 0 Å². The molecule has 1 unspecified atom stereocenters. The van der Waals surface area contributed by atoms with Crippen molar-refractivity contribution in [2.24, 2.45) is 11.7 Å². The summed E-state index contributed by atoms with van der Waals surface area (Å²) in [6.07, 6.45) is 8.21. The molecule has 3 heterocycles. The van der Waals surface area contributed by atoms with Gasteiger partial charge in [-0.2, -0.15) is 11.8 Å². The van der Waals surface area contributed by atoms with Crippen LogP contribution in [-0.2, 0) is 13.0 Å². The highest BCUT2D eigenvalue weighted by atomic mass is 32.2. The number of aromatic nitrogens is 2. The van der Waals surface area contributed by atoms with Crippen molar-refractivity contribution in [1.82, 2.24) is 9.55 Å². The average Bonchev–Trinajstić information content (AvgIpc) is 2.76. The molecule has 0 saturated carbocycles. The molecule has 4 heteroatoms. The Kier molecular flexibility index (Phi) is 3.43. The number of thioether (sulfide) groups is 1. The second kappa shape index (κ2) is 5.02. The first-order chi connectivity index (χ1) is 8.34. The van der Waals surface area contributed by atoms with Gasteiger partial charge in [0.15, 0.2) is 0 Å². The van der Waals surface area contributed by atoms with E-state index in [0.717, 1.165) is 25.3 Å². The van der Waals surface area contributed by atoms with E-state index >= 15 is 0 Å². The molecule has 0 bridgehead atoms. The second-order valence-electron chi connectivity index (χ2n) is 5.26. The lowest BCUT2D eigenvalue weighted by molar-refractivity contribution is 0.422. The highest BCUT2D eigenvalue weighted by Crippen LogP contribution is 2.28. The number of nitrogens with two attached hydrogens (primary N) is 1. The maximum atomic E-state index is 6.13. The summed E-state index contributed by atoms with van der Waals surface area (Å²) in [6.45, 7) is 1.12. The summed E-state index contributed by atoms with van der Waals surface area (Å²) < 4.78 is 2.38. The van der Waals surface area contributed by atoms with Crippen molar-refractivity contribution in [2.75, 3.05) is 11.5 Å². The largest absolute Gasteiger partial charge is 0.331 e. The molecule has 1 aromatic rings. The van der Waals surface area contributed by atoms with Crippen LogP contribution in [0.1, 0.15) is 43.2 Å². The van der Waals surface area contributed by atoms with Gasteiger partial charge in [-0.25, -0.2) is 4.98 Å². The molecular formula is C13H21N3S. The van der Waals surface area contributed by atoms with Crippen molar-refractivity contribution in [1.29, 1.82) is 0 Å². The zero-order valence-electron chi connectivity index (χ0n) is 10.3. The second-order valence-corrected chi connectivity index (χ2v) is 6.48. The molecule has 1 saturated heterocycles. The first-order valence-corrected chi connectivity index (χ1v) is 7.87. The van der Waals surface area contributed by atoms with Crippen LogP contribution in [0.4, 0.5) is 0 Å². The Morgan fingerprint density at radius 3 is 3.00 bits per heavy atom. The fourth-order valence-corrected chi connectivity index (χ4v) is 4.18. The SMILES string of the molecule is NC1CCCn2c1cnc2CC1CCSCC1. The fraction of sp³-hybridized carbons (Fsp3) is 0.769. The zero-order chi connectivity index (χ0) is 11.7. The zero-order valence-corrected chi connectivity index (χ0v) is 11.1. The predicted octanol–water partition coefficient (Wildman–Crippen LogP) is 2.36. The molecule has 1 aromatic heterocycles. The van der Waals surface area contributed by atoms with Crippen LogP contribution in [-0.4, -0.2) is 21.1 Å². The lowest BCUT2D eigenvalue weighted by Gasteiger charge is -2.25. The molecule has 0 aromatic carbocycles. The van der Waals surface area contributed by atoms with Crippen LogP contribution in [0.3, 0.4) is 0 Å². The van der Waals surface area contributed by atoms with Crippen molar-refractivity contribution in [3.63, 3.8) is 0 Å². The first-order valence-electron chi connectivity index (χ1n) is 6.72. The molecule has 2 aliphatic heterocycles. The number of nitrogens with zero attached hydrogens (tertiary/aromatic N) is 2. The maximum absolute atomic E-state index is 6.13. The third kappa shape index (κ3) is 2.38. The molecular weight excluding hydrogens is 230 g/mol. The Balaban J connectivity index is 1.74. The molecule has 0 aliphatic carbocycles. The van der Waals surface area contributed by atoms with Gasteiger partial charge in [-0.15, -0.1) is 0 Å². The number of fused-ring (bicyclic) bond motifs is 1. The summed E-state index contributed by atoms with van der Waals surface area (Å²) in [6, 6.07) is 0.215. The van der Waals surface area contributed by atoms with Crippen LogP contribution < -0.4 is 5.73 Å². The monoisotopic (exact) mass is 251 g/mol. The van der Waals surface area contributed by atoms with Crippen LogP contribution in [0, 0.1) is 5.92 Å². The van der Waals surface area contributed by atoms with Crippen molar-refractivity contribution >= 4 is 11.8 Å². The Bertz CT molecular complexity index is 382. The van der Waals surface area contributed by atoms with E-state index in [9.17, 15) is 0 Å². The molecule has 2 aliphatic rings. The minimum absolute atomic E-state index is 0.215. The van der Waals surface area contributed by atoms with Crippen LogP contribution in [0.15, 0.2) is 6.20 Å². The molecule has 3 rings (SSSR count). The molecule has 3 nitrogen and oxygen atoms in total. The van der Waals surface area contributed by atoms with Gasteiger partial charge < -0.3 is 10.3 Å². The highest BCUT2D eigenvalue weighted by Gasteiger charge is 2.22. The smallest absolute Gasteiger partial charge is 0.109 e. The topological polar surface area (TPSA) is 43.8 Å². The van der Waals surface area contributed by atoms with Gasteiger partial charge in [-0.1, -0.05) is 0 Å². The van der Waals surface area contributed by atoms with Gasteiger partial charge in [0.2, 0.25) is 0 Å². The van der Waals surface area contributed by atoms with E-state index in [-0.39, 0.29) is 6.04 Å². The minimum Gasteiger partial charge on any atom is -0.331 e. The standard InChI is InChI=1S/C13H21N3S/c14-11-2-1-5-16-12(11)9-15-13(16)8-10-3-6-17-7-4-10/h9-11H,1-8,14H2. The molecule has 0 amide bonds. The number of rotatable bonds is 2. The van der Waals surface area contributed by atoms with Crippen LogP contribution >= 0.6 is 11.8 Å². The van der Waals surface area contributed by atoms with Crippen molar-refractivity contribution in [2.45, 2.75) is 44.7 Å². The molecule has 94 valence electrons. The van der Waals surface area contributed by atoms with Gasteiger partial charge in [-0.3, -0.25) is 0 Å². The van der Waals surface area contributed by atoms with E-state index < -0.39 is 0 Å². The molecule has 0 radical (unpaired) electrons.